The Bertz CT molecular complexity index is 458. The molecule has 0 saturated heterocycles. The van der Waals surface area contributed by atoms with Gasteiger partial charge in [0.1, 0.15) is 0 Å². The van der Waals surface area contributed by atoms with Crippen molar-refractivity contribution >= 4 is 23.2 Å². The van der Waals surface area contributed by atoms with E-state index in [0.717, 1.165) is 19.3 Å². The molecule has 0 aliphatic heterocycles. The Morgan fingerprint density at radius 1 is 1.56 bits per heavy atom. The Morgan fingerprint density at radius 3 is 3.06 bits per heavy atom. The zero-order valence-electron chi connectivity index (χ0n) is 10.0. The van der Waals surface area contributed by atoms with E-state index in [1.165, 1.54) is 10.4 Å². The molecule has 0 fully saturated rings. The second-order valence-electron chi connectivity index (χ2n) is 4.53. The first-order valence-electron chi connectivity index (χ1n) is 5.98. The predicted octanol–water partition coefficient (Wildman–Crippen LogP) is 0.444. The lowest BCUT2D eigenvalue weighted by Gasteiger charge is -2.25. The van der Waals surface area contributed by atoms with Crippen LogP contribution in [0.5, 0.6) is 0 Å². The van der Waals surface area contributed by atoms with Gasteiger partial charge in [-0.3, -0.25) is 9.59 Å². The van der Waals surface area contributed by atoms with Crippen LogP contribution in [0, 0.1) is 0 Å². The molecule has 1 aliphatic rings. The Hall–Kier alpha value is -1.40. The molecule has 2 unspecified atom stereocenters. The van der Waals surface area contributed by atoms with E-state index in [2.05, 4.69) is 5.32 Å². The highest BCUT2D eigenvalue weighted by Gasteiger charge is 2.25. The number of carbonyl (C=O) groups is 2. The molecule has 2 rings (SSSR count). The molecule has 6 heteroatoms. The van der Waals surface area contributed by atoms with Crippen LogP contribution in [0.15, 0.2) is 11.4 Å². The molecule has 5 N–H and O–H groups in total. The smallest absolute Gasteiger partial charge is 0.237 e. The minimum Gasteiger partial charge on any atom is -0.370 e. The fraction of sp³-hybridized carbons (Fsp3) is 0.500. The molecule has 2 amide bonds. The molecule has 1 aromatic rings. The highest BCUT2D eigenvalue weighted by molar-refractivity contribution is 7.10. The lowest BCUT2D eigenvalue weighted by atomic mass is 9.94. The van der Waals surface area contributed by atoms with Crippen LogP contribution >= 0.6 is 11.3 Å². The van der Waals surface area contributed by atoms with E-state index < -0.39 is 11.9 Å². The van der Waals surface area contributed by atoms with Gasteiger partial charge in [-0.15, -0.1) is 11.3 Å². The number of primary amides is 1. The number of hydrogen-bond donors (Lipinski definition) is 3. The van der Waals surface area contributed by atoms with Crippen molar-refractivity contribution in [3.8, 4) is 0 Å². The van der Waals surface area contributed by atoms with Crippen molar-refractivity contribution in [3.05, 3.63) is 21.9 Å². The van der Waals surface area contributed by atoms with Crippen LogP contribution in [0.4, 0.5) is 0 Å². The van der Waals surface area contributed by atoms with Gasteiger partial charge >= 0.3 is 0 Å². The first-order chi connectivity index (χ1) is 8.58. The second-order valence-corrected chi connectivity index (χ2v) is 5.53. The van der Waals surface area contributed by atoms with Crippen molar-refractivity contribution in [3.63, 3.8) is 0 Å². The number of carbonyl (C=O) groups excluding carboxylic acids is 2. The predicted molar refractivity (Wildman–Crippen MR) is 69.9 cm³/mol. The largest absolute Gasteiger partial charge is 0.370 e. The van der Waals surface area contributed by atoms with E-state index in [9.17, 15) is 9.59 Å². The van der Waals surface area contributed by atoms with Crippen LogP contribution < -0.4 is 16.8 Å². The summed E-state index contributed by atoms with van der Waals surface area (Å²) >= 11 is 1.72. The molecule has 0 aromatic carbocycles. The average Bonchev–Trinajstić information content (AvgIpc) is 2.77. The van der Waals surface area contributed by atoms with Crippen LogP contribution in [0.25, 0.3) is 0 Å². The van der Waals surface area contributed by atoms with E-state index >= 15 is 0 Å². The molecule has 98 valence electrons. The maximum absolute atomic E-state index is 11.8. The fourth-order valence-corrected chi connectivity index (χ4v) is 3.21. The first-order valence-corrected chi connectivity index (χ1v) is 6.86. The second kappa shape index (κ2) is 5.49. The molecule has 0 bridgehead atoms. The van der Waals surface area contributed by atoms with Crippen molar-refractivity contribution in [1.82, 2.24) is 5.32 Å². The topological polar surface area (TPSA) is 98.2 Å². The summed E-state index contributed by atoms with van der Waals surface area (Å²) in [5, 5.41) is 4.94. The summed E-state index contributed by atoms with van der Waals surface area (Å²) in [6.07, 6.45) is 2.93. The monoisotopic (exact) mass is 267 g/mol. The third kappa shape index (κ3) is 2.88. The Labute approximate surface area is 110 Å². The molecule has 1 heterocycles. The summed E-state index contributed by atoms with van der Waals surface area (Å²) in [7, 11) is 0. The van der Waals surface area contributed by atoms with Gasteiger partial charge in [-0.25, -0.2) is 0 Å². The summed E-state index contributed by atoms with van der Waals surface area (Å²) in [5.74, 6) is -0.865. The SMILES string of the molecule is NC(=O)CC(N)C(=O)NC1CCCc2sccc21. The summed E-state index contributed by atoms with van der Waals surface area (Å²) in [4.78, 5) is 23.9. The summed E-state index contributed by atoms with van der Waals surface area (Å²) in [6.45, 7) is 0. The van der Waals surface area contributed by atoms with Crippen molar-refractivity contribution < 1.29 is 9.59 Å². The highest BCUT2D eigenvalue weighted by atomic mass is 32.1. The molecule has 0 radical (unpaired) electrons. The van der Waals surface area contributed by atoms with Crippen LogP contribution in [0.2, 0.25) is 0 Å². The minimum atomic E-state index is -0.855. The lowest BCUT2D eigenvalue weighted by Crippen LogP contribution is -2.44. The Kier molecular flexibility index (Phi) is 3.98. The quantitative estimate of drug-likeness (QED) is 0.738. The zero-order valence-corrected chi connectivity index (χ0v) is 10.8. The van der Waals surface area contributed by atoms with Gasteiger partial charge < -0.3 is 16.8 Å². The van der Waals surface area contributed by atoms with Crippen molar-refractivity contribution in [1.29, 1.82) is 0 Å². The first kappa shape index (κ1) is 13.0. The summed E-state index contributed by atoms with van der Waals surface area (Å²) < 4.78 is 0. The zero-order chi connectivity index (χ0) is 13.1. The van der Waals surface area contributed by atoms with Gasteiger partial charge in [0.15, 0.2) is 0 Å². The maximum Gasteiger partial charge on any atom is 0.237 e. The van der Waals surface area contributed by atoms with E-state index in [1.54, 1.807) is 11.3 Å². The van der Waals surface area contributed by atoms with Gasteiger partial charge in [0.25, 0.3) is 0 Å². The molecular formula is C12H17N3O2S. The number of hydrogen-bond acceptors (Lipinski definition) is 4. The number of amides is 2. The number of nitrogens with one attached hydrogen (secondary N) is 1. The summed E-state index contributed by atoms with van der Waals surface area (Å²) in [6, 6.07) is 1.21. The van der Waals surface area contributed by atoms with Crippen LogP contribution in [0.1, 0.15) is 35.7 Å². The standard InChI is InChI=1S/C12H17N3O2S/c13-8(6-11(14)16)12(17)15-9-2-1-3-10-7(9)4-5-18-10/h4-5,8-9H,1-3,6,13H2,(H2,14,16)(H,15,17). The normalized spacial score (nSPS) is 19.9. The van der Waals surface area contributed by atoms with Crippen molar-refractivity contribution in [2.24, 2.45) is 11.5 Å². The third-order valence-electron chi connectivity index (χ3n) is 3.13. The lowest BCUT2D eigenvalue weighted by molar-refractivity contribution is -0.126. The van der Waals surface area contributed by atoms with Crippen molar-refractivity contribution in [2.45, 2.75) is 37.8 Å². The molecule has 1 aliphatic carbocycles. The fourth-order valence-electron chi connectivity index (χ4n) is 2.22. The number of nitrogens with two attached hydrogens (primary N) is 2. The van der Waals surface area contributed by atoms with Crippen LogP contribution in [0.3, 0.4) is 0 Å². The van der Waals surface area contributed by atoms with E-state index in [-0.39, 0.29) is 18.4 Å². The number of aryl methyl sites for hydroxylation is 1. The number of rotatable bonds is 4. The Balaban J connectivity index is 1.99. The minimum absolute atomic E-state index is 0.0198. The number of fused-ring (bicyclic) bond motifs is 1. The third-order valence-corrected chi connectivity index (χ3v) is 4.12. The molecule has 5 nitrogen and oxygen atoms in total. The molecular weight excluding hydrogens is 250 g/mol. The maximum atomic E-state index is 11.8. The van der Waals surface area contributed by atoms with Gasteiger partial charge in [0.05, 0.1) is 18.5 Å². The molecule has 0 saturated carbocycles. The highest BCUT2D eigenvalue weighted by Crippen LogP contribution is 2.33. The van der Waals surface area contributed by atoms with Crippen LogP contribution in [-0.2, 0) is 16.0 Å². The van der Waals surface area contributed by atoms with Gasteiger partial charge in [-0.05, 0) is 36.3 Å². The van der Waals surface area contributed by atoms with E-state index in [0.29, 0.717) is 0 Å². The molecule has 2 atom stereocenters. The van der Waals surface area contributed by atoms with Crippen molar-refractivity contribution in [2.75, 3.05) is 0 Å². The molecule has 0 spiro atoms. The van der Waals surface area contributed by atoms with E-state index in [4.69, 9.17) is 11.5 Å². The van der Waals surface area contributed by atoms with Gasteiger partial charge in [-0.2, -0.15) is 0 Å². The number of thiophene rings is 1. The van der Waals surface area contributed by atoms with Gasteiger partial charge in [-0.1, -0.05) is 0 Å². The molecule has 1 aromatic heterocycles. The average molecular weight is 267 g/mol. The van der Waals surface area contributed by atoms with Gasteiger partial charge in [0, 0.05) is 4.88 Å². The Morgan fingerprint density at radius 2 is 2.33 bits per heavy atom. The van der Waals surface area contributed by atoms with Crippen LogP contribution in [-0.4, -0.2) is 17.9 Å². The van der Waals surface area contributed by atoms with E-state index in [1.807, 2.05) is 11.4 Å². The van der Waals surface area contributed by atoms with Gasteiger partial charge in [0.2, 0.25) is 11.8 Å². The molecule has 18 heavy (non-hydrogen) atoms. The summed E-state index contributed by atoms with van der Waals surface area (Å²) in [5.41, 5.74) is 11.8.